The van der Waals surface area contributed by atoms with Crippen molar-refractivity contribution < 1.29 is 24.0 Å². The highest BCUT2D eigenvalue weighted by molar-refractivity contribution is 7.10. The normalized spacial score (nSPS) is 12.9. The highest BCUT2D eigenvalue weighted by Gasteiger charge is 2.35. The van der Waals surface area contributed by atoms with E-state index < -0.39 is 29.8 Å². The monoisotopic (exact) mass is 345 g/mol. The summed E-state index contributed by atoms with van der Waals surface area (Å²) in [5, 5.41) is 11.7. The Morgan fingerprint density at radius 3 is 2.00 bits per heavy atom. The summed E-state index contributed by atoms with van der Waals surface area (Å²) >= 11 is 0. The van der Waals surface area contributed by atoms with E-state index in [2.05, 4.69) is 5.32 Å². The highest BCUT2D eigenvalue weighted by Crippen LogP contribution is 2.22. The van der Waals surface area contributed by atoms with Crippen molar-refractivity contribution in [2.45, 2.75) is 12.1 Å². The molecule has 24 heavy (non-hydrogen) atoms. The molecule has 124 valence electrons. The summed E-state index contributed by atoms with van der Waals surface area (Å²) in [6.45, 7) is 0. The van der Waals surface area contributed by atoms with Gasteiger partial charge >= 0.3 is 5.97 Å². The van der Waals surface area contributed by atoms with E-state index in [4.69, 9.17) is 9.63 Å². The van der Waals surface area contributed by atoms with Gasteiger partial charge in [0, 0.05) is 15.0 Å². The summed E-state index contributed by atoms with van der Waals surface area (Å²) in [5.74, 6) is -3.21. The number of rotatable bonds is 7. The maximum Gasteiger partial charge on any atom is 0.375 e. The van der Waals surface area contributed by atoms with Crippen LogP contribution in [0.4, 0.5) is 0 Å². The van der Waals surface area contributed by atoms with Crippen molar-refractivity contribution in [3.8, 4) is 0 Å². The molecule has 1 amide bonds. The highest BCUT2D eigenvalue weighted by atomic mass is 31.0. The second-order valence-corrected chi connectivity index (χ2v) is 5.23. The molecule has 0 spiro atoms. The molecule has 3 atom stereocenters. The number of carbonyl (C=O) groups is 3. The number of ketones is 1. The Bertz CT molecular complexity index is 720. The molecule has 0 heterocycles. The van der Waals surface area contributed by atoms with Gasteiger partial charge in [0.05, 0.1) is 6.04 Å². The number of aliphatic carboxylic acids is 1. The number of hydrogen-bond donors (Lipinski definition) is 2. The van der Waals surface area contributed by atoms with Crippen molar-refractivity contribution in [2.24, 2.45) is 0 Å². The summed E-state index contributed by atoms with van der Waals surface area (Å²) in [5.41, 5.74) is 0.951. The second-order valence-electron chi connectivity index (χ2n) is 4.95. The minimum absolute atomic E-state index is 0.392. The Kier molecular flexibility index (Phi) is 6.18. The van der Waals surface area contributed by atoms with Gasteiger partial charge in [-0.2, -0.15) is 0 Å². The van der Waals surface area contributed by atoms with Crippen molar-refractivity contribution in [3.63, 3.8) is 0 Å². The van der Waals surface area contributed by atoms with Gasteiger partial charge in [-0.1, -0.05) is 48.5 Å². The van der Waals surface area contributed by atoms with Crippen molar-refractivity contribution in [3.05, 3.63) is 71.8 Å². The number of Topliss-reactive ketones (excluding diaryl/α,β-unsaturated/α-hetero) is 1. The zero-order valence-electron chi connectivity index (χ0n) is 12.6. The van der Waals surface area contributed by atoms with Gasteiger partial charge in [0.15, 0.2) is 6.10 Å². The smallest absolute Gasteiger partial charge is 0.375 e. The minimum Gasteiger partial charge on any atom is -0.475 e. The lowest BCUT2D eigenvalue weighted by molar-refractivity contribution is -0.152. The van der Waals surface area contributed by atoms with Gasteiger partial charge in [0.1, 0.15) is 0 Å². The summed E-state index contributed by atoms with van der Waals surface area (Å²) in [7, 11) is 1.88. The van der Waals surface area contributed by atoms with Gasteiger partial charge in [0.25, 0.3) is 11.7 Å². The third-order valence-electron chi connectivity index (χ3n) is 3.40. The van der Waals surface area contributed by atoms with Crippen LogP contribution in [0.3, 0.4) is 0 Å². The standard InChI is InChI=1S/C17H16NO5P/c19-14(17(21)22)15(23-24)13(11-7-3-1-4-8-11)18-16(20)12-9-5-2-6-10-12/h1-10,13,15H,24H2,(H,18,20)(H,21,22). The molecule has 3 unspecified atom stereocenters. The minimum atomic E-state index is -1.63. The van der Waals surface area contributed by atoms with E-state index in [0.717, 1.165) is 0 Å². The maximum absolute atomic E-state index is 12.4. The molecule has 2 N–H and O–H groups in total. The van der Waals surface area contributed by atoms with E-state index >= 15 is 0 Å². The molecule has 0 radical (unpaired) electrons. The third kappa shape index (κ3) is 4.25. The van der Waals surface area contributed by atoms with E-state index in [1.165, 1.54) is 0 Å². The fraction of sp³-hybridized carbons (Fsp3) is 0.118. The first kappa shape index (κ1) is 17.8. The molecule has 0 saturated carbocycles. The average molecular weight is 345 g/mol. The van der Waals surface area contributed by atoms with E-state index in [9.17, 15) is 14.4 Å². The summed E-state index contributed by atoms with van der Waals surface area (Å²) in [4.78, 5) is 35.4. The molecule has 7 heteroatoms. The van der Waals surface area contributed by atoms with Crippen molar-refractivity contribution in [1.29, 1.82) is 0 Å². The predicted octanol–water partition coefficient (Wildman–Crippen LogP) is 1.99. The quantitative estimate of drug-likeness (QED) is 0.591. The van der Waals surface area contributed by atoms with Crippen LogP contribution in [0.5, 0.6) is 0 Å². The van der Waals surface area contributed by atoms with E-state index in [1.54, 1.807) is 60.7 Å². The summed E-state index contributed by atoms with van der Waals surface area (Å²) < 4.78 is 5.00. The molecule has 0 fully saturated rings. The Labute approximate surface area is 141 Å². The molecule has 0 aliphatic rings. The van der Waals surface area contributed by atoms with Crippen LogP contribution in [0, 0.1) is 0 Å². The van der Waals surface area contributed by atoms with Gasteiger partial charge < -0.3 is 14.9 Å². The maximum atomic E-state index is 12.4. The fourth-order valence-electron chi connectivity index (χ4n) is 2.22. The lowest BCUT2D eigenvalue weighted by Gasteiger charge is -2.25. The molecule has 6 nitrogen and oxygen atoms in total. The van der Waals surface area contributed by atoms with Gasteiger partial charge in [-0.25, -0.2) is 4.79 Å². The van der Waals surface area contributed by atoms with Crippen LogP contribution in [0.1, 0.15) is 22.0 Å². The van der Waals surface area contributed by atoms with Crippen LogP contribution in [0.15, 0.2) is 60.7 Å². The zero-order chi connectivity index (χ0) is 17.5. The number of carbonyl (C=O) groups excluding carboxylic acids is 2. The Balaban J connectivity index is 2.34. The SMILES string of the molecule is O=C(O)C(=O)C(OP)C(NC(=O)c1ccccc1)c1ccccc1. The van der Waals surface area contributed by atoms with Crippen LogP contribution in [-0.2, 0) is 14.1 Å². The van der Waals surface area contributed by atoms with Gasteiger partial charge in [0.2, 0.25) is 0 Å². The van der Waals surface area contributed by atoms with Crippen LogP contribution in [-0.4, -0.2) is 28.9 Å². The number of benzene rings is 2. The molecule has 2 aromatic carbocycles. The Morgan fingerprint density at radius 1 is 0.958 bits per heavy atom. The number of amides is 1. The van der Waals surface area contributed by atoms with Gasteiger partial charge in [-0.15, -0.1) is 0 Å². The molecule has 0 aliphatic heterocycles. The number of nitrogens with one attached hydrogen (secondary N) is 1. The van der Waals surface area contributed by atoms with Crippen LogP contribution in [0.2, 0.25) is 0 Å². The van der Waals surface area contributed by atoms with Crippen molar-refractivity contribution >= 4 is 27.1 Å². The largest absolute Gasteiger partial charge is 0.475 e. The number of carboxylic acid groups (broad SMARTS) is 1. The van der Waals surface area contributed by atoms with E-state index in [1.807, 2.05) is 9.47 Å². The van der Waals surface area contributed by atoms with Gasteiger partial charge in [-0.3, -0.25) is 9.59 Å². The topological polar surface area (TPSA) is 92.7 Å². The Hall–Kier alpha value is -2.56. The zero-order valence-corrected chi connectivity index (χ0v) is 13.7. The average Bonchev–Trinajstić information content (AvgIpc) is 2.62. The molecule has 0 aromatic heterocycles. The van der Waals surface area contributed by atoms with Crippen molar-refractivity contribution in [2.75, 3.05) is 0 Å². The van der Waals surface area contributed by atoms with Crippen LogP contribution in [0.25, 0.3) is 0 Å². The lowest BCUT2D eigenvalue weighted by Crippen LogP contribution is -2.43. The van der Waals surface area contributed by atoms with Gasteiger partial charge in [-0.05, 0) is 17.7 Å². The summed E-state index contributed by atoms with van der Waals surface area (Å²) in [6, 6.07) is 16.1. The van der Waals surface area contributed by atoms with Crippen LogP contribution < -0.4 is 5.32 Å². The first-order valence-electron chi connectivity index (χ1n) is 7.08. The molecule has 2 aromatic rings. The molecular formula is C17H16NO5P. The first-order valence-corrected chi connectivity index (χ1v) is 7.55. The van der Waals surface area contributed by atoms with E-state index in [-0.39, 0.29) is 0 Å². The van der Waals surface area contributed by atoms with E-state index in [0.29, 0.717) is 11.1 Å². The lowest BCUT2D eigenvalue weighted by atomic mass is 9.98. The molecule has 0 saturated heterocycles. The number of hydrogen-bond acceptors (Lipinski definition) is 4. The fourth-order valence-corrected chi connectivity index (χ4v) is 2.50. The molecule has 2 rings (SSSR count). The van der Waals surface area contributed by atoms with Crippen LogP contribution >= 0.6 is 9.47 Å². The summed E-state index contributed by atoms with van der Waals surface area (Å²) in [6.07, 6.45) is -1.37. The Morgan fingerprint density at radius 2 is 1.50 bits per heavy atom. The molecular weight excluding hydrogens is 329 g/mol. The molecule has 0 aliphatic carbocycles. The third-order valence-corrected chi connectivity index (χ3v) is 3.69. The molecule has 0 bridgehead atoms. The second kappa shape index (κ2) is 8.34. The first-order chi connectivity index (χ1) is 11.5. The number of carboxylic acids is 1. The van der Waals surface area contributed by atoms with Crippen molar-refractivity contribution in [1.82, 2.24) is 5.32 Å². The predicted molar refractivity (Wildman–Crippen MR) is 90.3 cm³/mol.